The maximum Gasteiger partial charge on any atom is 0.113 e. The first-order valence-corrected chi connectivity index (χ1v) is 8.56. The fourth-order valence-corrected chi connectivity index (χ4v) is 4.72. The molecule has 2 nitrogen and oxygen atoms in total. The van der Waals surface area contributed by atoms with Crippen LogP contribution in [0.25, 0.3) is 0 Å². The predicted octanol–water partition coefficient (Wildman–Crippen LogP) is 4.82. The molecule has 0 aliphatic rings. The second kappa shape index (κ2) is 6.80. The van der Waals surface area contributed by atoms with E-state index >= 15 is 0 Å². The zero-order valence-electron chi connectivity index (χ0n) is 10.1. The van der Waals surface area contributed by atoms with Gasteiger partial charge in [0.2, 0.25) is 0 Å². The van der Waals surface area contributed by atoms with Crippen LogP contribution in [0.3, 0.4) is 0 Å². The summed E-state index contributed by atoms with van der Waals surface area (Å²) in [7, 11) is 0. The summed E-state index contributed by atoms with van der Waals surface area (Å²) in [5.74, 6) is 1.87. The summed E-state index contributed by atoms with van der Waals surface area (Å²) in [6.07, 6.45) is 2.69. The molecular formula is C13H16BrNOS2. The Kier molecular flexibility index (Phi) is 5.36. The minimum absolute atomic E-state index is 0.176. The second-order valence-electron chi connectivity index (χ2n) is 4.05. The van der Waals surface area contributed by atoms with Crippen LogP contribution in [0.5, 0.6) is 0 Å². The maximum atomic E-state index is 6.24. The normalized spacial score (nSPS) is 14.6. The molecule has 0 saturated heterocycles. The van der Waals surface area contributed by atoms with E-state index in [1.165, 1.54) is 4.88 Å². The average Bonchev–Trinajstić information content (AvgIpc) is 3.01. The van der Waals surface area contributed by atoms with Crippen LogP contribution in [-0.2, 0) is 5.75 Å². The van der Waals surface area contributed by atoms with Crippen molar-refractivity contribution in [2.24, 2.45) is 5.73 Å². The monoisotopic (exact) mass is 345 g/mol. The lowest BCUT2D eigenvalue weighted by Gasteiger charge is -2.20. The molecule has 0 radical (unpaired) electrons. The highest BCUT2D eigenvalue weighted by Crippen LogP contribution is 2.39. The van der Waals surface area contributed by atoms with Crippen molar-refractivity contribution in [3.63, 3.8) is 0 Å². The van der Waals surface area contributed by atoms with Crippen molar-refractivity contribution in [3.8, 4) is 0 Å². The molecule has 2 rings (SSSR count). The molecule has 18 heavy (non-hydrogen) atoms. The van der Waals surface area contributed by atoms with Gasteiger partial charge in [-0.25, -0.2) is 0 Å². The van der Waals surface area contributed by atoms with Crippen molar-refractivity contribution in [1.82, 2.24) is 0 Å². The van der Waals surface area contributed by atoms with Crippen molar-refractivity contribution in [3.05, 3.63) is 45.0 Å². The Labute approximate surface area is 124 Å². The van der Waals surface area contributed by atoms with Gasteiger partial charge in [-0.05, 0) is 40.5 Å². The summed E-state index contributed by atoms with van der Waals surface area (Å²) in [5, 5.41) is 2.44. The Morgan fingerprint density at radius 3 is 2.94 bits per heavy atom. The van der Waals surface area contributed by atoms with Crippen molar-refractivity contribution < 1.29 is 4.42 Å². The van der Waals surface area contributed by atoms with E-state index in [0.717, 1.165) is 22.4 Å². The molecule has 0 saturated carbocycles. The van der Waals surface area contributed by atoms with Crippen LogP contribution >= 0.6 is 39.0 Å². The van der Waals surface area contributed by atoms with Gasteiger partial charge in [0, 0.05) is 20.8 Å². The molecule has 2 aromatic rings. The van der Waals surface area contributed by atoms with Gasteiger partial charge in [-0.3, -0.25) is 0 Å². The molecule has 98 valence electrons. The summed E-state index contributed by atoms with van der Waals surface area (Å²) in [6.45, 7) is 2.13. The molecule has 2 unspecified atom stereocenters. The van der Waals surface area contributed by atoms with E-state index < -0.39 is 0 Å². The lowest BCUT2D eigenvalue weighted by molar-refractivity contribution is 0.529. The number of furan rings is 1. The summed E-state index contributed by atoms with van der Waals surface area (Å²) in [6, 6.07) is 6.27. The van der Waals surface area contributed by atoms with Gasteiger partial charge in [0.05, 0.1) is 17.3 Å². The lowest BCUT2D eigenvalue weighted by Crippen LogP contribution is -2.25. The average molecular weight is 346 g/mol. The summed E-state index contributed by atoms with van der Waals surface area (Å²) < 4.78 is 6.50. The summed E-state index contributed by atoms with van der Waals surface area (Å²) in [4.78, 5) is 1.33. The van der Waals surface area contributed by atoms with Gasteiger partial charge in [0.25, 0.3) is 0 Å². The van der Waals surface area contributed by atoms with Crippen molar-refractivity contribution in [1.29, 1.82) is 0 Å². The molecule has 0 aromatic carbocycles. The number of hydrogen-bond acceptors (Lipinski definition) is 4. The molecule has 0 aliphatic heterocycles. The quantitative estimate of drug-likeness (QED) is 0.815. The third-order valence-electron chi connectivity index (χ3n) is 2.71. The van der Waals surface area contributed by atoms with Gasteiger partial charge in [0.1, 0.15) is 5.76 Å². The fourth-order valence-electron chi connectivity index (χ4n) is 1.67. The van der Waals surface area contributed by atoms with Crippen molar-refractivity contribution in [2.45, 2.75) is 30.4 Å². The molecule has 2 heterocycles. The number of thiophene rings is 1. The van der Waals surface area contributed by atoms with E-state index in [2.05, 4.69) is 34.3 Å². The summed E-state index contributed by atoms with van der Waals surface area (Å²) >= 11 is 7.11. The molecule has 0 spiro atoms. The van der Waals surface area contributed by atoms with Crippen LogP contribution < -0.4 is 5.73 Å². The Balaban J connectivity index is 2.05. The minimum atomic E-state index is 0.176. The molecule has 0 aliphatic carbocycles. The molecule has 2 aromatic heterocycles. The molecule has 0 bridgehead atoms. The van der Waals surface area contributed by atoms with E-state index in [4.69, 9.17) is 10.2 Å². The highest BCUT2D eigenvalue weighted by atomic mass is 79.9. The smallest absolute Gasteiger partial charge is 0.113 e. The van der Waals surface area contributed by atoms with Gasteiger partial charge >= 0.3 is 0 Å². The molecule has 0 fully saturated rings. The Hall–Kier alpha value is -0.230. The largest absolute Gasteiger partial charge is 0.468 e. The lowest BCUT2D eigenvalue weighted by atomic mass is 10.1. The fraction of sp³-hybridized carbons (Fsp3) is 0.385. The first-order chi connectivity index (χ1) is 8.70. The first kappa shape index (κ1) is 14.2. The standard InChI is InChI=1S/C13H16BrNOS2/c1-2-11(15)13(12-6-9(14)7-17-12)18-8-10-4-3-5-16-10/h3-7,11,13H,2,8,15H2,1H3. The molecular weight excluding hydrogens is 330 g/mol. The highest BCUT2D eigenvalue weighted by Gasteiger charge is 2.21. The Bertz CT molecular complexity index is 469. The Morgan fingerprint density at radius 2 is 2.39 bits per heavy atom. The summed E-state index contributed by atoms with van der Waals surface area (Å²) in [5.41, 5.74) is 6.24. The van der Waals surface area contributed by atoms with Crippen LogP contribution in [0.1, 0.15) is 29.2 Å². The number of halogens is 1. The van der Waals surface area contributed by atoms with Gasteiger partial charge in [0.15, 0.2) is 0 Å². The zero-order valence-corrected chi connectivity index (χ0v) is 13.4. The van der Waals surface area contributed by atoms with E-state index in [0.29, 0.717) is 5.25 Å². The van der Waals surface area contributed by atoms with Crippen LogP contribution in [0.2, 0.25) is 0 Å². The van der Waals surface area contributed by atoms with E-state index in [1.807, 2.05) is 23.9 Å². The van der Waals surface area contributed by atoms with Gasteiger partial charge in [-0.15, -0.1) is 23.1 Å². The Morgan fingerprint density at radius 1 is 1.56 bits per heavy atom. The van der Waals surface area contributed by atoms with Gasteiger partial charge < -0.3 is 10.2 Å². The molecule has 5 heteroatoms. The van der Waals surface area contributed by atoms with E-state index in [9.17, 15) is 0 Å². The third-order valence-corrected chi connectivity index (χ3v) is 6.05. The second-order valence-corrected chi connectivity index (χ2v) is 7.04. The minimum Gasteiger partial charge on any atom is -0.468 e. The SMILES string of the molecule is CCC(N)C(SCc1ccco1)c1cc(Br)cs1. The maximum absolute atomic E-state index is 6.24. The van der Waals surface area contributed by atoms with Crippen LogP contribution in [0.15, 0.2) is 38.7 Å². The topological polar surface area (TPSA) is 39.2 Å². The van der Waals surface area contributed by atoms with Crippen LogP contribution in [0, 0.1) is 0 Å². The van der Waals surface area contributed by atoms with Crippen molar-refractivity contribution in [2.75, 3.05) is 0 Å². The number of hydrogen-bond donors (Lipinski definition) is 1. The number of thioether (sulfide) groups is 1. The van der Waals surface area contributed by atoms with E-state index in [-0.39, 0.29) is 6.04 Å². The van der Waals surface area contributed by atoms with Crippen molar-refractivity contribution >= 4 is 39.0 Å². The number of nitrogens with two attached hydrogens (primary N) is 1. The number of rotatable bonds is 6. The molecule has 2 atom stereocenters. The van der Waals surface area contributed by atoms with Gasteiger partial charge in [-0.1, -0.05) is 6.92 Å². The highest BCUT2D eigenvalue weighted by molar-refractivity contribution is 9.10. The zero-order chi connectivity index (χ0) is 13.0. The van der Waals surface area contributed by atoms with E-state index in [1.54, 1.807) is 17.6 Å². The third kappa shape index (κ3) is 3.63. The molecule has 2 N–H and O–H groups in total. The first-order valence-electron chi connectivity index (χ1n) is 5.84. The predicted molar refractivity (Wildman–Crippen MR) is 83.0 cm³/mol. The van der Waals surface area contributed by atoms with Crippen LogP contribution in [-0.4, -0.2) is 6.04 Å². The van der Waals surface area contributed by atoms with Crippen LogP contribution in [0.4, 0.5) is 0 Å². The molecule has 0 amide bonds. The van der Waals surface area contributed by atoms with Gasteiger partial charge in [-0.2, -0.15) is 0 Å².